The first kappa shape index (κ1) is 22.1. The van der Waals surface area contributed by atoms with Gasteiger partial charge in [0.2, 0.25) is 5.91 Å². The Kier molecular flexibility index (Phi) is 8.53. The molecule has 0 unspecified atom stereocenters. The van der Waals surface area contributed by atoms with E-state index < -0.39 is 0 Å². The molecule has 162 valence electrons. The fourth-order valence-corrected chi connectivity index (χ4v) is 3.29. The Balaban J connectivity index is 1.36. The molecule has 0 atom stereocenters. The van der Waals surface area contributed by atoms with Gasteiger partial charge in [-0.3, -0.25) is 9.69 Å². The van der Waals surface area contributed by atoms with Crippen LogP contribution < -0.4 is 14.8 Å². The summed E-state index contributed by atoms with van der Waals surface area (Å²) in [6.45, 7) is 9.97. The van der Waals surface area contributed by atoms with Gasteiger partial charge in [-0.25, -0.2) is 0 Å². The van der Waals surface area contributed by atoms with Gasteiger partial charge in [0, 0.05) is 26.2 Å². The number of nitrogens with one attached hydrogen (secondary N) is 1. The number of benzene rings is 2. The highest BCUT2D eigenvalue weighted by Crippen LogP contribution is 2.20. The van der Waals surface area contributed by atoms with E-state index >= 15 is 0 Å². The molecule has 2 aromatic rings. The van der Waals surface area contributed by atoms with E-state index in [0.717, 1.165) is 55.5 Å². The average Bonchev–Trinajstić information content (AvgIpc) is 2.76. The van der Waals surface area contributed by atoms with Crippen LogP contribution in [0.15, 0.2) is 42.5 Å². The average molecular weight is 413 g/mol. The standard InChI is InChI=1S/C24H32N2O4/c1-19-5-3-8-23(20(19)2)30-13-9-24(27)25-18-21-6-4-7-22(17-21)29-16-12-26-10-14-28-15-11-26/h3-8,17H,9-16,18H2,1-2H3,(H,25,27). The van der Waals surface area contributed by atoms with Crippen LogP contribution in [0.4, 0.5) is 0 Å². The molecule has 0 bridgehead atoms. The first-order chi connectivity index (χ1) is 14.6. The third-order valence-corrected chi connectivity index (χ3v) is 5.31. The maximum Gasteiger partial charge on any atom is 0.223 e. The Morgan fingerprint density at radius 3 is 2.70 bits per heavy atom. The molecule has 0 spiro atoms. The van der Waals surface area contributed by atoms with Crippen LogP contribution in [-0.2, 0) is 16.1 Å². The second kappa shape index (κ2) is 11.6. The molecule has 1 heterocycles. The van der Waals surface area contributed by atoms with Crippen molar-refractivity contribution >= 4 is 5.91 Å². The van der Waals surface area contributed by atoms with Crippen LogP contribution in [0.2, 0.25) is 0 Å². The summed E-state index contributed by atoms with van der Waals surface area (Å²) < 4.78 is 17.0. The molecule has 0 saturated carbocycles. The molecular formula is C24H32N2O4. The third kappa shape index (κ3) is 7.04. The molecule has 1 amide bonds. The minimum absolute atomic E-state index is 0.0288. The lowest BCUT2D eigenvalue weighted by atomic mass is 10.1. The lowest BCUT2D eigenvalue weighted by Gasteiger charge is -2.26. The Morgan fingerprint density at radius 2 is 1.87 bits per heavy atom. The second-order valence-electron chi connectivity index (χ2n) is 7.52. The van der Waals surface area contributed by atoms with E-state index in [1.165, 1.54) is 5.56 Å². The zero-order valence-electron chi connectivity index (χ0n) is 18.0. The lowest BCUT2D eigenvalue weighted by Crippen LogP contribution is -2.38. The first-order valence-corrected chi connectivity index (χ1v) is 10.6. The van der Waals surface area contributed by atoms with Crippen molar-refractivity contribution in [2.75, 3.05) is 46.1 Å². The van der Waals surface area contributed by atoms with Crippen molar-refractivity contribution in [3.8, 4) is 11.5 Å². The van der Waals surface area contributed by atoms with E-state index in [4.69, 9.17) is 14.2 Å². The van der Waals surface area contributed by atoms with Crippen LogP contribution in [0.5, 0.6) is 11.5 Å². The monoisotopic (exact) mass is 412 g/mol. The number of carbonyl (C=O) groups excluding carboxylic acids is 1. The van der Waals surface area contributed by atoms with Crippen molar-refractivity contribution in [3.05, 3.63) is 59.2 Å². The van der Waals surface area contributed by atoms with Crippen molar-refractivity contribution in [1.29, 1.82) is 0 Å². The summed E-state index contributed by atoms with van der Waals surface area (Å²) in [6.07, 6.45) is 0.323. The van der Waals surface area contributed by atoms with Gasteiger partial charge >= 0.3 is 0 Å². The Morgan fingerprint density at radius 1 is 1.07 bits per heavy atom. The fourth-order valence-electron chi connectivity index (χ4n) is 3.29. The number of aryl methyl sites for hydroxylation is 1. The van der Waals surface area contributed by atoms with Crippen LogP contribution in [0.25, 0.3) is 0 Å². The number of carbonyl (C=O) groups is 1. The minimum Gasteiger partial charge on any atom is -0.493 e. The number of hydrogen-bond donors (Lipinski definition) is 1. The Hall–Kier alpha value is -2.57. The summed E-state index contributed by atoms with van der Waals surface area (Å²) in [5.74, 6) is 1.64. The molecular weight excluding hydrogens is 380 g/mol. The molecule has 1 aliphatic rings. The quantitative estimate of drug-likeness (QED) is 0.650. The van der Waals surface area contributed by atoms with Gasteiger partial charge in [0.1, 0.15) is 18.1 Å². The summed E-state index contributed by atoms with van der Waals surface area (Å²) in [4.78, 5) is 14.5. The van der Waals surface area contributed by atoms with Crippen molar-refractivity contribution in [1.82, 2.24) is 10.2 Å². The van der Waals surface area contributed by atoms with E-state index in [0.29, 0.717) is 26.2 Å². The molecule has 2 aromatic carbocycles. The highest BCUT2D eigenvalue weighted by Gasteiger charge is 2.10. The highest BCUT2D eigenvalue weighted by atomic mass is 16.5. The van der Waals surface area contributed by atoms with E-state index in [1.54, 1.807) is 0 Å². The fraction of sp³-hybridized carbons (Fsp3) is 0.458. The van der Waals surface area contributed by atoms with Gasteiger partial charge in [-0.1, -0.05) is 24.3 Å². The second-order valence-corrected chi connectivity index (χ2v) is 7.52. The van der Waals surface area contributed by atoms with E-state index in [-0.39, 0.29) is 5.91 Å². The lowest BCUT2D eigenvalue weighted by molar-refractivity contribution is -0.121. The van der Waals surface area contributed by atoms with Crippen LogP contribution in [0, 0.1) is 13.8 Å². The highest BCUT2D eigenvalue weighted by molar-refractivity contribution is 5.76. The first-order valence-electron chi connectivity index (χ1n) is 10.6. The van der Waals surface area contributed by atoms with Gasteiger partial charge in [-0.2, -0.15) is 0 Å². The maximum atomic E-state index is 12.2. The topological polar surface area (TPSA) is 60.0 Å². The van der Waals surface area contributed by atoms with E-state index in [2.05, 4.69) is 23.2 Å². The Bertz CT molecular complexity index is 819. The predicted octanol–water partition coefficient (Wildman–Crippen LogP) is 3.10. The summed E-state index contributed by atoms with van der Waals surface area (Å²) in [5.41, 5.74) is 3.31. The van der Waals surface area contributed by atoms with Crippen LogP contribution in [-0.4, -0.2) is 56.9 Å². The zero-order chi connectivity index (χ0) is 21.2. The number of rotatable bonds is 10. The van der Waals surface area contributed by atoms with Gasteiger partial charge in [0.25, 0.3) is 0 Å². The number of morpholine rings is 1. The Labute approximate surface area is 179 Å². The van der Waals surface area contributed by atoms with Gasteiger partial charge in [0.05, 0.1) is 26.2 Å². The largest absolute Gasteiger partial charge is 0.493 e. The van der Waals surface area contributed by atoms with Crippen molar-refractivity contribution in [2.45, 2.75) is 26.8 Å². The maximum absolute atomic E-state index is 12.2. The SMILES string of the molecule is Cc1cccc(OCCC(=O)NCc2cccc(OCCN3CCOCC3)c2)c1C. The number of nitrogens with zero attached hydrogens (tertiary/aromatic N) is 1. The van der Waals surface area contributed by atoms with Crippen molar-refractivity contribution in [3.63, 3.8) is 0 Å². The molecule has 1 N–H and O–H groups in total. The summed E-state index contributed by atoms with van der Waals surface area (Å²) in [7, 11) is 0. The zero-order valence-corrected chi connectivity index (χ0v) is 18.0. The smallest absolute Gasteiger partial charge is 0.223 e. The molecule has 0 aliphatic carbocycles. The number of ether oxygens (including phenoxy) is 3. The van der Waals surface area contributed by atoms with Crippen molar-refractivity contribution in [2.24, 2.45) is 0 Å². The predicted molar refractivity (Wildman–Crippen MR) is 117 cm³/mol. The third-order valence-electron chi connectivity index (χ3n) is 5.31. The summed E-state index contributed by atoms with van der Waals surface area (Å²) in [6, 6.07) is 13.8. The molecule has 0 aromatic heterocycles. The van der Waals surface area contributed by atoms with Gasteiger partial charge in [0.15, 0.2) is 0 Å². The van der Waals surface area contributed by atoms with Crippen LogP contribution in [0.3, 0.4) is 0 Å². The molecule has 0 radical (unpaired) electrons. The van der Waals surface area contributed by atoms with E-state index in [9.17, 15) is 4.79 Å². The molecule has 1 aliphatic heterocycles. The van der Waals surface area contributed by atoms with Crippen molar-refractivity contribution < 1.29 is 19.0 Å². The number of amides is 1. The van der Waals surface area contributed by atoms with Gasteiger partial charge in [-0.15, -0.1) is 0 Å². The number of hydrogen-bond acceptors (Lipinski definition) is 5. The van der Waals surface area contributed by atoms with Crippen LogP contribution in [0.1, 0.15) is 23.1 Å². The molecule has 6 heteroatoms. The molecule has 1 fully saturated rings. The molecule has 6 nitrogen and oxygen atoms in total. The summed E-state index contributed by atoms with van der Waals surface area (Å²) in [5, 5.41) is 2.95. The van der Waals surface area contributed by atoms with Gasteiger partial charge < -0.3 is 19.5 Å². The molecule has 3 rings (SSSR count). The van der Waals surface area contributed by atoms with Crippen LogP contribution >= 0.6 is 0 Å². The minimum atomic E-state index is -0.0288. The van der Waals surface area contributed by atoms with Gasteiger partial charge in [-0.05, 0) is 48.7 Å². The molecule has 1 saturated heterocycles. The summed E-state index contributed by atoms with van der Waals surface area (Å²) >= 11 is 0. The normalized spacial score (nSPS) is 14.3. The molecule has 30 heavy (non-hydrogen) atoms. The van der Waals surface area contributed by atoms with E-state index in [1.807, 2.05) is 43.3 Å².